The van der Waals surface area contributed by atoms with E-state index >= 15 is 0 Å². The first kappa shape index (κ1) is 20.7. The molecule has 0 spiro atoms. The van der Waals surface area contributed by atoms with Crippen LogP contribution in [0.4, 0.5) is 5.69 Å². The van der Waals surface area contributed by atoms with Crippen LogP contribution in [-0.4, -0.2) is 48.3 Å². The average molecular weight is 445 g/mol. The van der Waals surface area contributed by atoms with Gasteiger partial charge < -0.3 is 14.6 Å². The third-order valence-corrected chi connectivity index (χ3v) is 6.04. The highest BCUT2D eigenvalue weighted by molar-refractivity contribution is 6.36. The van der Waals surface area contributed by atoms with Gasteiger partial charge in [-0.1, -0.05) is 35.9 Å². The van der Waals surface area contributed by atoms with E-state index in [1.807, 2.05) is 38.5 Å². The number of aromatic amines is 1. The lowest BCUT2D eigenvalue weighted by Gasteiger charge is -2.14. The second-order valence-corrected chi connectivity index (χ2v) is 8.67. The van der Waals surface area contributed by atoms with Gasteiger partial charge in [-0.05, 0) is 62.3 Å². The number of benzene rings is 2. The first-order valence-electron chi connectivity index (χ1n) is 10.8. The second kappa shape index (κ2) is 8.77. The molecule has 162 valence electrons. The van der Waals surface area contributed by atoms with Crippen LogP contribution in [0.3, 0.4) is 0 Å². The third-order valence-electron chi connectivity index (χ3n) is 5.72. The normalized spacial score (nSPS) is 13.0. The van der Waals surface area contributed by atoms with Crippen LogP contribution < -0.4 is 4.74 Å². The first-order valence-corrected chi connectivity index (χ1v) is 11.2. The van der Waals surface area contributed by atoms with E-state index in [9.17, 15) is 0 Å². The van der Waals surface area contributed by atoms with Gasteiger partial charge in [0.1, 0.15) is 18.0 Å². The molecule has 3 heterocycles. The molecule has 1 N–H and O–H groups in total. The molecule has 1 aliphatic heterocycles. The van der Waals surface area contributed by atoms with Gasteiger partial charge in [0.25, 0.3) is 0 Å². The number of nitrogens with zero attached hydrogens (tertiary/aromatic N) is 3. The number of aromatic nitrogens is 2. The molecule has 0 atom stereocenters. The van der Waals surface area contributed by atoms with E-state index < -0.39 is 0 Å². The number of ether oxygens (including phenoxy) is 1. The maximum atomic E-state index is 6.67. The quantitative estimate of drug-likeness (QED) is 0.388. The summed E-state index contributed by atoms with van der Waals surface area (Å²) in [5.41, 5.74) is 7.16. The van der Waals surface area contributed by atoms with E-state index in [0.717, 1.165) is 64.2 Å². The van der Waals surface area contributed by atoms with Gasteiger partial charge in [0.05, 0.1) is 16.4 Å². The molecule has 1 aliphatic rings. The Kier molecular flexibility index (Phi) is 5.68. The molecule has 0 saturated heterocycles. The fraction of sp³-hybridized carbons (Fsp3) is 0.231. The number of aliphatic imine (C=N–C) groups is 1. The molecular formula is C26H25ClN4O. The topological polar surface area (TPSA) is 53.5 Å². The SMILES string of the molecule is CN(C)CCOc1cccc(-c2[nH]c3nccc(Cl)c3c2-c2ccc3c(c2)N=CCC3)c1. The number of rotatable bonds is 6. The Balaban J connectivity index is 1.64. The van der Waals surface area contributed by atoms with Crippen LogP contribution in [0.2, 0.25) is 5.02 Å². The predicted molar refractivity (Wildman–Crippen MR) is 132 cm³/mol. The van der Waals surface area contributed by atoms with Gasteiger partial charge in [-0.25, -0.2) is 4.98 Å². The van der Waals surface area contributed by atoms with Gasteiger partial charge in [0.15, 0.2) is 0 Å². The number of pyridine rings is 1. The molecule has 0 amide bonds. The van der Waals surface area contributed by atoms with Crippen LogP contribution >= 0.6 is 11.6 Å². The van der Waals surface area contributed by atoms with Gasteiger partial charge in [-0.15, -0.1) is 0 Å². The van der Waals surface area contributed by atoms with Crippen molar-refractivity contribution in [3.8, 4) is 28.1 Å². The van der Waals surface area contributed by atoms with E-state index in [1.165, 1.54) is 5.56 Å². The second-order valence-electron chi connectivity index (χ2n) is 8.26. The maximum Gasteiger partial charge on any atom is 0.139 e. The summed E-state index contributed by atoms with van der Waals surface area (Å²) < 4.78 is 5.98. The molecule has 6 heteroatoms. The van der Waals surface area contributed by atoms with Gasteiger partial charge >= 0.3 is 0 Å². The lowest BCUT2D eigenvalue weighted by Crippen LogP contribution is -2.19. The molecule has 5 rings (SSSR count). The predicted octanol–water partition coefficient (Wildman–Crippen LogP) is 6.14. The Bertz CT molecular complexity index is 1310. The fourth-order valence-electron chi connectivity index (χ4n) is 4.10. The summed E-state index contributed by atoms with van der Waals surface area (Å²) >= 11 is 6.67. The largest absolute Gasteiger partial charge is 0.492 e. The number of hydrogen-bond donors (Lipinski definition) is 1. The zero-order valence-corrected chi connectivity index (χ0v) is 19.0. The average Bonchev–Trinajstić information content (AvgIpc) is 3.20. The summed E-state index contributed by atoms with van der Waals surface area (Å²) in [5, 5.41) is 1.59. The van der Waals surface area contributed by atoms with Gasteiger partial charge in [0.2, 0.25) is 0 Å². The number of fused-ring (bicyclic) bond motifs is 2. The molecule has 0 fully saturated rings. The lowest BCUT2D eigenvalue weighted by molar-refractivity contribution is 0.261. The van der Waals surface area contributed by atoms with Crippen LogP contribution in [0, 0.1) is 0 Å². The molecule has 4 aromatic rings. The van der Waals surface area contributed by atoms with Crippen molar-refractivity contribution in [2.75, 3.05) is 27.2 Å². The summed E-state index contributed by atoms with van der Waals surface area (Å²) in [5.74, 6) is 0.836. The maximum absolute atomic E-state index is 6.67. The number of likely N-dealkylation sites (N-methyl/N-ethyl adjacent to an activating group) is 1. The van der Waals surface area contributed by atoms with Crippen molar-refractivity contribution in [3.05, 3.63) is 65.3 Å². The summed E-state index contributed by atoms with van der Waals surface area (Å²) in [4.78, 5) is 14.8. The summed E-state index contributed by atoms with van der Waals surface area (Å²) in [6.45, 7) is 1.49. The Hall–Kier alpha value is -3.15. The molecule has 0 unspecified atom stereocenters. The van der Waals surface area contributed by atoms with Gasteiger partial charge in [-0.3, -0.25) is 4.99 Å². The van der Waals surface area contributed by atoms with Crippen molar-refractivity contribution in [1.82, 2.24) is 14.9 Å². The van der Waals surface area contributed by atoms with E-state index in [-0.39, 0.29) is 0 Å². The Morgan fingerprint density at radius 3 is 2.88 bits per heavy atom. The lowest BCUT2D eigenvalue weighted by atomic mass is 9.95. The zero-order valence-electron chi connectivity index (χ0n) is 18.2. The Morgan fingerprint density at radius 1 is 1.09 bits per heavy atom. The smallest absolute Gasteiger partial charge is 0.139 e. The van der Waals surface area contributed by atoms with E-state index in [1.54, 1.807) is 6.20 Å². The van der Waals surface area contributed by atoms with Crippen molar-refractivity contribution in [2.45, 2.75) is 12.8 Å². The van der Waals surface area contributed by atoms with Crippen LogP contribution in [-0.2, 0) is 6.42 Å². The fourth-order valence-corrected chi connectivity index (χ4v) is 4.34. The molecule has 5 nitrogen and oxygen atoms in total. The minimum atomic E-state index is 0.631. The number of nitrogens with one attached hydrogen (secondary N) is 1. The van der Waals surface area contributed by atoms with Crippen LogP contribution in [0.1, 0.15) is 12.0 Å². The highest BCUT2D eigenvalue weighted by Gasteiger charge is 2.20. The summed E-state index contributed by atoms with van der Waals surface area (Å²) in [6, 6.07) is 16.5. The van der Waals surface area contributed by atoms with Gasteiger partial charge in [0, 0.05) is 35.5 Å². The molecule has 0 aliphatic carbocycles. The monoisotopic (exact) mass is 444 g/mol. The van der Waals surface area contributed by atoms with Crippen molar-refractivity contribution in [1.29, 1.82) is 0 Å². The van der Waals surface area contributed by atoms with Crippen molar-refractivity contribution < 1.29 is 4.74 Å². The summed E-state index contributed by atoms with van der Waals surface area (Å²) in [7, 11) is 4.08. The van der Waals surface area contributed by atoms with Crippen molar-refractivity contribution >= 4 is 34.5 Å². The van der Waals surface area contributed by atoms with E-state index in [0.29, 0.717) is 11.6 Å². The number of hydrogen-bond acceptors (Lipinski definition) is 4. The minimum absolute atomic E-state index is 0.631. The number of halogens is 1. The molecular weight excluding hydrogens is 420 g/mol. The van der Waals surface area contributed by atoms with Crippen LogP contribution in [0.5, 0.6) is 5.75 Å². The molecule has 2 aromatic carbocycles. The number of aryl methyl sites for hydroxylation is 1. The first-order chi connectivity index (χ1) is 15.6. The zero-order chi connectivity index (χ0) is 22.1. The number of H-pyrrole nitrogens is 1. The molecule has 2 aromatic heterocycles. The Labute approximate surface area is 192 Å². The van der Waals surface area contributed by atoms with Gasteiger partial charge in [-0.2, -0.15) is 0 Å². The Morgan fingerprint density at radius 2 is 2.00 bits per heavy atom. The molecule has 32 heavy (non-hydrogen) atoms. The van der Waals surface area contributed by atoms with Crippen LogP contribution in [0.25, 0.3) is 33.4 Å². The van der Waals surface area contributed by atoms with E-state index in [2.05, 4.69) is 50.2 Å². The highest BCUT2D eigenvalue weighted by atomic mass is 35.5. The molecule has 0 saturated carbocycles. The summed E-state index contributed by atoms with van der Waals surface area (Å²) in [6.07, 6.45) is 5.73. The standard InChI is InChI=1S/C26H25ClN4O/c1-31(2)13-14-32-20-7-3-5-19(15-20)25-23(24-21(27)10-12-29-26(24)30-25)18-9-8-17-6-4-11-28-22(17)16-18/h3,5,7-12,15-16H,4,6,13-14H2,1-2H3,(H,29,30). The molecule has 0 bridgehead atoms. The minimum Gasteiger partial charge on any atom is -0.492 e. The van der Waals surface area contributed by atoms with Crippen molar-refractivity contribution in [3.63, 3.8) is 0 Å². The van der Waals surface area contributed by atoms with Crippen molar-refractivity contribution in [2.24, 2.45) is 4.99 Å². The molecule has 0 radical (unpaired) electrons. The third kappa shape index (κ3) is 4.01. The highest BCUT2D eigenvalue weighted by Crippen LogP contribution is 2.43. The van der Waals surface area contributed by atoms with E-state index in [4.69, 9.17) is 16.3 Å². The van der Waals surface area contributed by atoms with Crippen LogP contribution in [0.15, 0.2) is 59.7 Å².